The van der Waals surface area contributed by atoms with Crippen molar-refractivity contribution in [2.75, 3.05) is 18.4 Å². The van der Waals surface area contributed by atoms with Gasteiger partial charge in [0.15, 0.2) is 0 Å². The number of anilines is 1. The summed E-state index contributed by atoms with van der Waals surface area (Å²) in [5.74, 6) is 0. The zero-order valence-electron chi connectivity index (χ0n) is 12.7. The third-order valence-electron chi connectivity index (χ3n) is 3.86. The molecule has 0 aliphatic heterocycles. The summed E-state index contributed by atoms with van der Waals surface area (Å²) in [5, 5.41) is 12.8. The van der Waals surface area contributed by atoms with E-state index in [4.69, 9.17) is 0 Å². The van der Waals surface area contributed by atoms with Crippen LogP contribution >= 0.6 is 15.9 Å². The standard InChI is InChI=1S/C15H22BrN3O2/c1-14(2,3)19(13(20)21)10-15(4-5-15)9-18-12-6-11(16)7-17-8-12/h6-8,18H,4-5,9-10H2,1-3H3,(H,20,21). The number of carboxylic acid groups (broad SMARTS) is 1. The smallest absolute Gasteiger partial charge is 0.407 e. The zero-order chi connectivity index (χ0) is 15.7. The molecular weight excluding hydrogens is 334 g/mol. The average molecular weight is 356 g/mol. The molecular formula is C15H22BrN3O2. The molecule has 0 saturated heterocycles. The Morgan fingerprint density at radius 3 is 2.62 bits per heavy atom. The fourth-order valence-electron chi connectivity index (χ4n) is 2.29. The van der Waals surface area contributed by atoms with Crippen LogP contribution in [0.15, 0.2) is 22.9 Å². The van der Waals surface area contributed by atoms with Gasteiger partial charge in [-0.15, -0.1) is 0 Å². The van der Waals surface area contributed by atoms with Gasteiger partial charge in [0.1, 0.15) is 0 Å². The van der Waals surface area contributed by atoms with Crippen molar-refractivity contribution < 1.29 is 9.90 Å². The highest BCUT2D eigenvalue weighted by Crippen LogP contribution is 2.47. The molecule has 116 valence electrons. The molecule has 1 amide bonds. The van der Waals surface area contributed by atoms with Crippen LogP contribution in [-0.2, 0) is 0 Å². The summed E-state index contributed by atoms with van der Waals surface area (Å²) in [6, 6.07) is 1.97. The zero-order valence-corrected chi connectivity index (χ0v) is 14.3. The Kier molecular flexibility index (Phi) is 4.46. The van der Waals surface area contributed by atoms with Crippen LogP contribution in [0.2, 0.25) is 0 Å². The molecule has 2 rings (SSSR count). The minimum absolute atomic E-state index is 0.0496. The molecule has 0 spiro atoms. The normalized spacial score (nSPS) is 16.4. The van der Waals surface area contributed by atoms with Crippen molar-refractivity contribution in [1.29, 1.82) is 0 Å². The molecule has 6 heteroatoms. The molecule has 0 bridgehead atoms. The van der Waals surface area contributed by atoms with Crippen molar-refractivity contribution in [1.82, 2.24) is 9.88 Å². The lowest BCUT2D eigenvalue weighted by Crippen LogP contribution is -2.48. The molecule has 0 radical (unpaired) electrons. The van der Waals surface area contributed by atoms with Crippen molar-refractivity contribution >= 4 is 27.7 Å². The molecule has 21 heavy (non-hydrogen) atoms. The summed E-state index contributed by atoms with van der Waals surface area (Å²) in [5.41, 5.74) is 0.625. The van der Waals surface area contributed by atoms with Crippen molar-refractivity contribution in [3.8, 4) is 0 Å². The van der Waals surface area contributed by atoms with E-state index in [9.17, 15) is 9.90 Å². The lowest BCUT2D eigenvalue weighted by Gasteiger charge is -2.36. The maximum absolute atomic E-state index is 11.5. The number of halogens is 1. The van der Waals surface area contributed by atoms with Crippen LogP contribution in [0.25, 0.3) is 0 Å². The molecule has 1 aromatic heterocycles. The first-order valence-corrected chi connectivity index (χ1v) is 7.86. The van der Waals surface area contributed by atoms with Gasteiger partial charge in [0.25, 0.3) is 0 Å². The molecule has 1 aliphatic carbocycles. The van der Waals surface area contributed by atoms with Gasteiger partial charge in [-0.25, -0.2) is 4.79 Å². The molecule has 0 atom stereocenters. The Balaban J connectivity index is 1.98. The van der Waals surface area contributed by atoms with E-state index in [-0.39, 0.29) is 11.0 Å². The van der Waals surface area contributed by atoms with Crippen molar-refractivity contribution in [3.63, 3.8) is 0 Å². The lowest BCUT2D eigenvalue weighted by atomic mass is 10.0. The number of carbonyl (C=O) groups is 1. The van der Waals surface area contributed by atoms with E-state index < -0.39 is 6.09 Å². The van der Waals surface area contributed by atoms with Gasteiger partial charge in [-0.2, -0.15) is 0 Å². The van der Waals surface area contributed by atoms with Crippen LogP contribution in [0.5, 0.6) is 0 Å². The topological polar surface area (TPSA) is 65.5 Å². The second-order valence-corrected chi connectivity index (χ2v) is 7.70. The fourth-order valence-corrected chi connectivity index (χ4v) is 2.66. The second kappa shape index (κ2) is 5.83. The van der Waals surface area contributed by atoms with Gasteiger partial charge in [-0.05, 0) is 55.6 Å². The third-order valence-corrected chi connectivity index (χ3v) is 4.30. The summed E-state index contributed by atoms with van der Waals surface area (Å²) in [6.07, 6.45) is 4.78. The van der Waals surface area contributed by atoms with Crippen molar-refractivity contribution in [2.24, 2.45) is 5.41 Å². The number of pyridine rings is 1. The maximum atomic E-state index is 11.5. The van der Waals surface area contributed by atoms with E-state index in [1.54, 1.807) is 17.3 Å². The summed E-state index contributed by atoms with van der Waals surface area (Å²) >= 11 is 3.40. The highest BCUT2D eigenvalue weighted by molar-refractivity contribution is 9.10. The average Bonchev–Trinajstić information content (AvgIpc) is 3.13. The Bertz CT molecular complexity index is 524. The number of nitrogens with one attached hydrogen (secondary N) is 1. The summed E-state index contributed by atoms with van der Waals surface area (Å²) in [6.45, 7) is 7.14. The summed E-state index contributed by atoms with van der Waals surface area (Å²) in [4.78, 5) is 17.1. The van der Waals surface area contributed by atoms with Crippen LogP contribution in [0.1, 0.15) is 33.6 Å². The predicted molar refractivity (Wildman–Crippen MR) is 86.6 cm³/mol. The van der Waals surface area contributed by atoms with Crippen LogP contribution in [0.4, 0.5) is 10.5 Å². The van der Waals surface area contributed by atoms with E-state index in [0.29, 0.717) is 6.54 Å². The Morgan fingerprint density at radius 2 is 2.14 bits per heavy atom. The van der Waals surface area contributed by atoms with Crippen molar-refractivity contribution in [2.45, 2.75) is 39.2 Å². The van der Waals surface area contributed by atoms with Gasteiger partial charge in [0.05, 0.1) is 11.9 Å². The van der Waals surface area contributed by atoms with E-state index in [1.807, 2.05) is 26.8 Å². The highest BCUT2D eigenvalue weighted by atomic mass is 79.9. The SMILES string of the molecule is CC(C)(C)N(CC1(CNc2cncc(Br)c2)CC1)C(=O)O. The van der Waals surface area contributed by atoms with Crippen LogP contribution in [-0.4, -0.2) is 39.7 Å². The van der Waals surface area contributed by atoms with E-state index in [2.05, 4.69) is 26.2 Å². The van der Waals surface area contributed by atoms with Gasteiger partial charge >= 0.3 is 6.09 Å². The van der Waals surface area contributed by atoms with Crippen LogP contribution < -0.4 is 5.32 Å². The quantitative estimate of drug-likeness (QED) is 0.842. The molecule has 0 unspecified atom stereocenters. The fraction of sp³-hybridized carbons (Fsp3) is 0.600. The minimum atomic E-state index is -0.849. The van der Waals surface area contributed by atoms with Crippen LogP contribution in [0.3, 0.4) is 0 Å². The van der Waals surface area contributed by atoms with Crippen molar-refractivity contribution in [3.05, 3.63) is 22.9 Å². The lowest BCUT2D eigenvalue weighted by molar-refractivity contribution is 0.0866. The van der Waals surface area contributed by atoms with Crippen LogP contribution in [0, 0.1) is 5.41 Å². The summed E-state index contributed by atoms with van der Waals surface area (Å²) < 4.78 is 0.930. The maximum Gasteiger partial charge on any atom is 0.407 e. The number of hydrogen-bond acceptors (Lipinski definition) is 3. The van der Waals surface area contributed by atoms with E-state index in [0.717, 1.165) is 29.5 Å². The first-order chi connectivity index (χ1) is 9.72. The van der Waals surface area contributed by atoms with E-state index >= 15 is 0 Å². The minimum Gasteiger partial charge on any atom is -0.465 e. The molecule has 1 fully saturated rings. The monoisotopic (exact) mass is 355 g/mol. The number of nitrogens with zero attached hydrogens (tertiary/aromatic N) is 2. The van der Waals surface area contributed by atoms with E-state index in [1.165, 1.54) is 0 Å². The highest BCUT2D eigenvalue weighted by Gasteiger charge is 2.46. The molecule has 1 aliphatic rings. The van der Waals surface area contributed by atoms with Gasteiger partial charge in [-0.1, -0.05) is 0 Å². The number of aromatic nitrogens is 1. The molecule has 1 heterocycles. The number of amides is 1. The largest absolute Gasteiger partial charge is 0.465 e. The second-order valence-electron chi connectivity index (χ2n) is 6.78. The predicted octanol–water partition coefficient (Wildman–Crippen LogP) is 3.81. The van der Waals surface area contributed by atoms with Gasteiger partial charge < -0.3 is 15.3 Å². The third kappa shape index (κ3) is 4.33. The first kappa shape index (κ1) is 16.1. The van der Waals surface area contributed by atoms with Gasteiger partial charge in [0, 0.05) is 34.7 Å². The number of hydrogen-bond donors (Lipinski definition) is 2. The Morgan fingerprint density at radius 1 is 1.48 bits per heavy atom. The molecule has 1 saturated carbocycles. The molecule has 2 N–H and O–H groups in total. The Labute approximate surface area is 133 Å². The summed E-state index contributed by atoms with van der Waals surface area (Å²) in [7, 11) is 0. The van der Waals surface area contributed by atoms with Gasteiger partial charge in [-0.3, -0.25) is 4.98 Å². The number of rotatable bonds is 5. The molecule has 5 nitrogen and oxygen atoms in total. The molecule has 0 aromatic carbocycles. The first-order valence-electron chi connectivity index (χ1n) is 7.07. The Hall–Kier alpha value is -1.30. The molecule has 1 aromatic rings. The van der Waals surface area contributed by atoms with Gasteiger partial charge in [0.2, 0.25) is 0 Å².